The summed E-state index contributed by atoms with van der Waals surface area (Å²) >= 11 is 1.54. The lowest BCUT2D eigenvalue weighted by molar-refractivity contribution is 0.488. The fourth-order valence-corrected chi connectivity index (χ4v) is 2.18. The summed E-state index contributed by atoms with van der Waals surface area (Å²) in [6.07, 6.45) is 0. The summed E-state index contributed by atoms with van der Waals surface area (Å²) in [4.78, 5) is 0.924. The van der Waals surface area contributed by atoms with Gasteiger partial charge in [-0.05, 0) is 23.6 Å². The molecule has 0 atom stereocenters. The van der Waals surface area contributed by atoms with Gasteiger partial charge in [-0.15, -0.1) is 16.4 Å². The molecule has 0 fully saturated rings. The average molecular weight is 243 g/mol. The Balaban J connectivity index is 2.12. The van der Waals surface area contributed by atoms with Crippen molar-refractivity contribution in [3.05, 3.63) is 53.5 Å². The Bertz CT molecular complexity index is 667. The summed E-state index contributed by atoms with van der Waals surface area (Å²) in [7, 11) is 0. The molecule has 0 saturated heterocycles. The highest BCUT2D eigenvalue weighted by molar-refractivity contribution is 7.13. The molecular formula is C12H9N3OS. The number of aromatic nitrogens is 2. The Hall–Kier alpha value is -2.14. The van der Waals surface area contributed by atoms with E-state index in [1.165, 1.54) is 4.68 Å². The van der Waals surface area contributed by atoms with Crippen molar-refractivity contribution in [3.63, 3.8) is 0 Å². The summed E-state index contributed by atoms with van der Waals surface area (Å²) in [5.74, 6) is 0.480. The van der Waals surface area contributed by atoms with Crippen molar-refractivity contribution in [1.82, 2.24) is 9.78 Å². The molecule has 5 heteroatoms. The van der Waals surface area contributed by atoms with Gasteiger partial charge in [-0.1, -0.05) is 24.3 Å². The third kappa shape index (κ3) is 1.81. The molecule has 0 aliphatic rings. The Kier molecular flexibility index (Phi) is 2.38. The number of rotatable bonds is 2. The van der Waals surface area contributed by atoms with Crippen molar-refractivity contribution in [1.29, 1.82) is 5.41 Å². The number of benzene rings is 1. The summed E-state index contributed by atoms with van der Waals surface area (Å²) in [6, 6.07) is 13.4. The molecule has 0 aliphatic heterocycles. The molecule has 2 aromatic heterocycles. The van der Waals surface area contributed by atoms with Crippen LogP contribution in [0.15, 0.2) is 52.3 Å². The van der Waals surface area contributed by atoms with Gasteiger partial charge >= 0.3 is 5.68 Å². The van der Waals surface area contributed by atoms with Crippen LogP contribution in [0, 0.1) is 5.41 Å². The van der Waals surface area contributed by atoms with Crippen LogP contribution in [0.1, 0.15) is 0 Å². The minimum Gasteiger partial charge on any atom is -0.402 e. The molecule has 2 heterocycles. The standard InChI is InChI=1S/C12H9N3OS/c13-12-15(9-5-2-1-3-6-9)14-11(16-12)10-7-4-8-17-10/h1-8,13H. The van der Waals surface area contributed by atoms with E-state index in [-0.39, 0.29) is 5.68 Å². The first kappa shape index (κ1) is 10.0. The number of thiophene rings is 1. The van der Waals surface area contributed by atoms with Crippen LogP contribution in [-0.2, 0) is 0 Å². The van der Waals surface area contributed by atoms with Crippen molar-refractivity contribution in [2.75, 3.05) is 0 Å². The van der Waals surface area contributed by atoms with E-state index in [2.05, 4.69) is 5.10 Å². The van der Waals surface area contributed by atoms with Crippen LogP contribution in [0.25, 0.3) is 16.5 Å². The van der Waals surface area contributed by atoms with E-state index in [9.17, 15) is 0 Å². The van der Waals surface area contributed by atoms with Gasteiger partial charge in [0.05, 0.1) is 10.6 Å². The van der Waals surface area contributed by atoms with Gasteiger partial charge in [-0.3, -0.25) is 0 Å². The van der Waals surface area contributed by atoms with Crippen molar-refractivity contribution in [2.45, 2.75) is 0 Å². The third-order valence-electron chi connectivity index (χ3n) is 2.31. The topological polar surface area (TPSA) is 54.8 Å². The van der Waals surface area contributed by atoms with Gasteiger partial charge < -0.3 is 4.42 Å². The highest BCUT2D eigenvalue weighted by atomic mass is 32.1. The largest absolute Gasteiger partial charge is 0.402 e. The SMILES string of the molecule is N=c1oc(-c2cccs2)nn1-c1ccccc1. The predicted octanol–water partition coefficient (Wildman–Crippen LogP) is 2.67. The van der Waals surface area contributed by atoms with Gasteiger partial charge in [0.15, 0.2) is 0 Å². The highest BCUT2D eigenvalue weighted by Crippen LogP contribution is 2.21. The van der Waals surface area contributed by atoms with E-state index in [0.29, 0.717) is 5.89 Å². The lowest BCUT2D eigenvalue weighted by atomic mass is 10.3. The summed E-state index contributed by atoms with van der Waals surface area (Å²) in [5.41, 5.74) is 0.851. The molecule has 17 heavy (non-hydrogen) atoms. The summed E-state index contributed by atoms with van der Waals surface area (Å²) < 4.78 is 6.82. The number of para-hydroxylation sites is 1. The van der Waals surface area contributed by atoms with Crippen LogP contribution in [0.5, 0.6) is 0 Å². The molecule has 0 spiro atoms. The summed E-state index contributed by atoms with van der Waals surface area (Å²) in [6.45, 7) is 0. The Morgan fingerprint density at radius 2 is 1.94 bits per heavy atom. The number of nitrogens with one attached hydrogen (secondary N) is 1. The lowest BCUT2D eigenvalue weighted by Gasteiger charge is -1.96. The third-order valence-corrected chi connectivity index (χ3v) is 3.17. The van der Waals surface area contributed by atoms with E-state index < -0.39 is 0 Å². The Morgan fingerprint density at radius 3 is 2.65 bits per heavy atom. The lowest BCUT2D eigenvalue weighted by Crippen LogP contribution is -2.13. The first-order valence-electron chi connectivity index (χ1n) is 5.08. The molecule has 0 saturated carbocycles. The first-order chi connectivity index (χ1) is 8.34. The maximum absolute atomic E-state index is 7.77. The smallest absolute Gasteiger partial charge is 0.317 e. The van der Waals surface area contributed by atoms with Gasteiger partial charge in [0.2, 0.25) is 0 Å². The van der Waals surface area contributed by atoms with Gasteiger partial charge in [0.25, 0.3) is 5.89 Å². The maximum Gasteiger partial charge on any atom is 0.317 e. The van der Waals surface area contributed by atoms with E-state index in [4.69, 9.17) is 9.83 Å². The zero-order valence-corrected chi connectivity index (χ0v) is 9.65. The number of hydrogen-bond acceptors (Lipinski definition) is 4. The molecule has 0 bridgehead atoms. The molecule has 0 unspecified atom stereocenters. The van der Waals surface area contributed by atoms with E-state index in [1.807, 2.05) is 47.8 Å². The predicted molar refractivity (Wildman–Crippen MR) is 65.0 cm³/mol. The van der Waals surface area contributed by atoms with Gasteiger partial charge in [-0.25, -0.2) is 5.41 Å². The van der Waals surface area contributed by atoms with Crippen molar-refractivity contribution in [2.24, 2.45) is 0 Å². The normalized spacial score (nSPS) is 10.6. The quantitative estimate of drug-likeness (QED) is 0.752. The van der Waals surface area contributed by atoms with Crippen LogP contribution in [0.3, 0.4) is 0 Å². The van der Waals surface area contributed by atoms with Crippen LogP contribution < -0.4 is 5.68 Å². The second-order valence-electron chi connectivity index (χ2n) is 3.44. The fraction of sp³-hybridized carbons (Fsp3) is 0. The first-order valence-corrected chi connectivity index (χ1v) is 5.96. The summed E-state index contributed by atoms with van der Waals surface area (Å²) in [5, 5.41) is 14.0. The molecule has 1 N–H and O–H groups in total. The Morgan fingerprint density at radius 1 is 1.12 bits per heavy atom. The second-order valence-corrected chi connectivity index (χ2v) is 4.38. The van der Waals surface area contributed by atoms with Gasteiger partial charge in [-0.2, -0.15) is 4.68 Å². The molecule has 0 aliphatic carbocycles. The number of nitrogens with zero attached hydrogens (tertiary/aromatic N) is 2. The van der Waals surface area contributed by atoms with Crippen LogP contribution in [0.2, 0.25) is 0 Å². The van der Waals surface area contributed by atoms with Crippen LogP contribution in [-0.4, -0.2) is 9.78 Å². The van der Waals surface area contributed by atoms with Gasteiger partial charge in [0.1, 0.15) is 0 Å². The Labute approximate surface area is 101 Å². The average Bonchev–Trinajstić information content (AvgIpc) is 2.99. The zero-order chi connectivity index (χ0) is 11.7. The second kappa shape index (κ2) is 4.03. The molecule has 3 aromatic rings. The van der Waals surface area contributed by atoms with E-state index >= 15 is 0 Å². The van der Waals surface area contributed by atoms with E-state index in [0.717, 1.165) is 10.6 Å². The van der Waals surface area contributed by atoms with Gasteiger partial charge in [0, 0.05) is 0 Å². The van der Waals surface area contributed by atoms with Crippen LogP contribution in [0.4, 0.5) is 0 Å². The minimum absolute atomic E-state index is 0.0274. The zero-order valence-electron chi connectivity index (χ0n) is 8.83. The van der Waals surface area contributed by atoms with Crippen molar-refractivity contribution < 1.29 is 4.42 Å². The monoisotopic (exact) mass is 243 g/mol. The van der Waals surface area contributed by atoms with Crippen LogP contribution >= 0.6 is 11.3 Å². The number of hydrogen-bond donors (Lipinski definition) is 1. The molecule has 0 radical (unpaired) electrons. The van der Waals surface area contributed by atoms with Crippen molar-refractivity contribution in [3.8, 4) is 16.5 Å². The molecule has 1 aromatic carbocycles. The molecule has 0 amide bonds. The highest BCUT2D eigenvalue weighted by Gasteiger charge is 2.09. The molecule has 84 valence electrons. The molecule has 3 rings (SSSR count). The minimum atomic E-state index is 0.0274. The van der Waals surface area contributed by atoms with Crippen molar-refractivity contribution >= 4 is 11.3 Å². The molecular weight excluding hydrogens is 234 g/mol. The molecule has 4 nitrogen and oxygen atoms in total. The fourth-order valence-electron chi connectivity index (χ4n) is 1.54. The van der Waals surface area contributed by atoms with E-state index in [1.54, 1.807) is 11.3 Å². The maximum atomic E-state index is 7.77.